The van der Waals surface area contributed by atoms with Gasteiger partial charge in [-0.3, -0.25) is 14.5 Å². The normalized spacial score (nSPS) is 14.2. The Morgan fingerprint density at radius 1 is 1.03 bits per heavy atom. The molecule has 3 aromatic rings. The van der Waals surface area contributed by atoms with Crippen LogP contribution in [-0.2, 0) is 9.59 Å². The van der Waals surface area contributed by atoms with E-state index in [1.807, 2.05) is 56.3 Å². The standard InChI is InChI=1S/C24H20ClN3O2/c1-15-10-11-16(2)20(12-15)27-22(29)14-28-21-9-4-3-8-19(21)23(24(28)30)26-18-7-5-6-17(25)13-18/h3-13H,14H2,1-2H3,(H,27,29). The molecule has 1 aliphatic rings. The summed E-state index contributed by atoms with van der Waals surface area (Å²) in [7, 11) is 0. The molecule has 4 rings (SSSR count). The van der Waals surface area contributed by atoms with Crippen molar-refractivity contribution in [2.45, 2.75) is 13.8 Å². The molecule has 0 fully saturated rings. The molecule has 0 unspecified atom stereocenters. The molecule has 0 saturated carbocycles. The van der Waals surface area contributed by atoms with E-state index in [2.05, 4.69) is 10.3 Å². The van der Waals surface area contributed by atoms with Gasteiger partial charge < -0.3 is 5.32 Å². The van der Waals surface area contributed by atoms with E-state index in [0.717, 1.165) is 16.8 Å². The van der Waals surface area contributed by atoms with Gasteiger partial charge in [-0.05, 0) is 55.3 Å². The summed E-state index contributed by atoms with van der Waals surface area (Å²) in [6, 6.07) is 20.2. The fraction of sp³-hybridized carbons (Fsp3) is 0.125. The third kappa shape index (κ3) is 3.98. The average Bonchev–Trinajstić information content (AvgIpc) is 2.97. The first-order valence-electron chi connectivity index (χ1n) is 9.55. The Balaban J connectivity index is 1.62. The lowest BCUT2D eigenvalue weighted by Crippen LogP contribution is -2.37. The van der Waals surface area contributed by atoms with E-state index in [-0.39, 0.29) is 18.4 Å². The quantitative estimate of drug-likeness (QED) is 0.644. The number of carbonyl (C=O) groups excluding carboxylic acids is 2. The zero-order valence-corrected chi connectivity index (χ0v) is 17.4. The van der Waals surface area contributed by atoms with E-state index < -0.39 is 0 Å². The van der Waals surface area contributed by atoms with Gasteiger partial charge in [-0.25, -0.2) is 4.99 Å². The highest BCUT2D eigenvalue weighted by Crippen LogP contribution is 2.31. The predicted molar refractivity (Wildman–Crippen MR) is 121 cm³/mol. The van der Waals surface area contributed by atoms with E-state index in [1.54, 1.807) is 24.3 Å². The monoisotopic (exact) mass is 417 g/mol. The number of carbonyl (C=O) groups is 2. The van der Waals surface area contributed by atoms with Crippen LogP contribution in [0, 0.1) is 13.8 Å². The van der Waals surface area contributed by atoms with Crippen LogP contribution in [0.25, 0.3) is 0 Å². The van der Waals surface area contributed by atoms with Crippen LogP contribution in [0.4, 0.5) is 17.1 Å². The molecule has 5 nitrogen and oxygen atoms in total. The molecular formula is C24H20ClN3O2. The first-order chi connectivity index (χ1) is 14.4. The van der Waals surface area contributed by atoms with Crippen molar-refractivity contribution in [3.8, 4) is 0 Å². The number of hydrogen-bond donors (Lipinski definition) is 1. The predicted octanol–water partition coefficient (Wildman–Crippen LogP) is 5.06. The summed E-state index contributed by atoms with van der Waals surface area (Å²) >= 11 is 6.05. The van der Waals surface area contributed by atoms with Crippen molar-refractivity contribution in [1.82, 2.24) is 0 Å². The van der Waals surface area contributed by atoms with Gasteiger partial charge in [0, 0.05) is 16.3 Å². The van der Waals surface area contributed by atoms with Crippen molar-refractivity contribution in [1.29, 1.82) is 0 Å². The van der Waals surface area contributed by atoms with Gasteiger partial charge in [0.2, 0.25) is 5.91 Å². The Labute approximate surface area is 180 Å². The van der Waals surface area contributed by atoms with Crippen LogP contribution in [0.1, 0.15) is 16.7 Å². The summed E-state index contributed by atoms with van der Waals surface area (Å²) in [5.41, 5.74) is 5.00. The van der Waals surface area contributed by atoms with Crippen molar-refractivity contribution < 1.29 is 9.59 Å². The van der Waals surface area contributed by atoms with Crippen molar-refractivity contribution in [2.24, 2.45) is 4.99 Å². The fourth-order valence-corrected chi connectivity index (χ4v) is 3.59. The van der Waals surface area contributed by atoms with Crippen LogP contribution in [-0.4, -0.2) is 24.1 Å². The second-order valence-electron chi connectivity index (χ2n) is 7.22. The molecule has 3 aromatic carbocycles. The number of fused-ring (bicyclic) bond motifs is 1. The van der Waals surface area contributed by atoms with Crippen molar-refractivity contribution in [2.75, 3.05) is 16.8 Å². The maximum atomic E-state index is 13.1. The molecule has 0 atom stereocenters. The van der Waals surface area contributed by atoms with Gasteiger partial charge in [0.15, 0.2) is 0 Å². The minimum Gasteiger partial charge on any atom is -0.324 e. The molecule has 1 N–H and O–H groups in total. The zero-order chi connectivity index (χ0) is 21.3. The second-order valence-corrected chi connectivity index (χ2v) is 7.65. The Morgan fingerprint density at radius 3 is 2.63 bits per heavy atom. The topological polar surface area (TPSA) is 61.8 Å². The first-order valence-corrected chi connectivity index (χ1v) is 9.93. The summed E-state index contributed by atoms with van der Waals surface area (Å²) in [4.78, 5) is 31.9. The van der Waals surface area contributed by atoms with Crippen LogP contribution >= 0.6 is 11.6 Å². The molecule has 0 bridgehead atoms. The number of benzene rings is 3. The molecule has 6 heteroatoms. The number of amides is 2. The van der Waals surface area contributed by atoms with E-state index in [0.29, 0.717) is 27.7 Å². The van der Waals surface area contributed by atoms with Crippen molar-refractivity contribution >= 4 is 46.2 Å². The SMILES string of the molecule is Cc1ccc(C)c(NC(=O)CN2C(=O)C(=Nc3cccc(Cl)c3)c3ccccc32)c1. The van der Waals surface area contributed by atoms with Crippen molar-refractivity contribution in [3.05, 3.63) is 88.4 Å². The van der Waals surface area contributed by atoms with Gasteiger partial charge in [0.1, 0.15) is 12.3 Å². The van der Waals surface area contributed by atoms with Crippen LogP contribution < -0.4 is 10.2 Å². The van der Waals surface area contributed by atoms with Crippen LogP contribution in [0.5, 0.6) is 0 Å². The molecule has 1 aliphatic heterocycles. The van der Waals surface area contributed by atoms with Gasteiger partial charge >= 0.3 is 0 Å². The maximum absolute atomic E-state index is 13.1. The number of anilines is 2. The Kier molecular flexibility index (Phi) is 5.38. The van der Waals surface area contributed by atoms with Gasteiger partial charge in [-0.15, -0.1) is 0 Å². The number of nitrogens with zero attached hydrogens (tertiary/aromatic N) is 2. The summed E-state index contributed by atoms with van der Waals surface area (Å²) in [5.74, 6) is -0.580. The van der Waals surface area contributed by atoms with Gasteiger partial charge in [-0.1, -0.05) is 48.0 Å². The summed E-state index contributed by atoms with van der Waals surface area (Å²) < 4.78 is 0. The number of hydrogen-bond acceptors (Lipinski definition) is 3. The zero-order valence-electron chi connectivity index (χ0n) is 16.6. The van der Waals surface area contributed by atoms with Gasteiger partial charge in [0.25, 0.3) is 5.91 Å². The molecule has 0 radical (unpaired) electrons. The number of para-hydroxylation sites is 1. The molecule has 0 aromatic heterocycles. The second kappa shape index (κ2) is 8.13. The Morgan fingerprint density at radius 2 is 1.83 bits per heavy atom. The minimum absolute atomic E-state index is 0.0994. The smallest absolute Gasteiger partial charge is 0.278 e. The third-order valence-corrected chi connectivity index (χ3v) is 5.15. The number of rotatable bonds is 4. The molecule has 0 aliphatic carbocycles. The minimum atomic E-state index is -0.313. The first kappa shape index (κ1) is 19.9. The van der Waals surface area contributed by atoms with Crippen LogP contribution in [0.15, 0.2) is 71.7 Å². The molecule has 0 saturated heterocycles. The number of aliphatic imine (C=N–C) groups is 1. The molecule has 30 heavy (non-hydrogen) atoms. The van der Waals surface area contributed by atoms with E-state index in [9.17, 15) is 9.59 Å². The van der Waals surface area contributed by atoms with Crippen LogP contribution in [0.3, 0.4) is 0 Å². The Hall–Kier alpha value is -3.44. The van der Waals surface area contributed by atoms with Gasteiger partial charge in [0.05, 0.1) is 11.4 Å². The lowest BCUT2D eigenvalue weighted by atomic mass is 10.1. The number of nitrogens with one attached hydrogen (secondary N) is 1. The molecule has 0 spiro atoms. The summed E-state index contributed by atoms with van der Waals surface area (Å²) in [5, 5.41) is 3.45. The largest absolute Gasteiger partial charge is 0.324 e. The molecular weight excluding hydrogens is 398 g/mol. The fourth-order valence-electron chi connectivity index (χ4n) is 3.41. The Bertz CT molecular complexity index is 1190. The molecule has 1 heterocycles. The molecule has 2 amide bonds. The number of aryl methyl sites for hydroxylation is 2. The highest BCUT2D eigenvalue weighted by molar-refractivity contribution is 6.55. The van der Waals surface area contributed by atoms with Crippen molar-refractivity contribution in [3.63, 3.8) is 0 Å². The highest BCUT2D eigenvalue weighted by Gasteiger charge is 2.34. The highest BCUT2D eigenvalue weighted by atomic mass is 35.5. The lowest BCUT2D eigenvalue weighted by Gasteiger charge is -2.17. The van der Waals surface area contributed by atoms with Crippen LogP contribution in [0.2, 0.25) is 5.02 Å². The summed E-state index contributed by atoms with van der Waals surface area (Å²) in [6.45, 7) is 3.80. The van der Waals surface area contributed by atoms with E-state index in [1.165, 1.54) is 4.90 Å². The van der Waals surface area contributed by atoms with Gasteiger partial charge in [-0.2, -0.15) is 0 Å². The average molecular weight is 418 g/mol. The summed E-state index contributed by atoms with van der Waals surface area (Å²) in [6.07, 6.45) is 0. The number of halogens is 1. The maximum Gasteiger partial charge on any atom is 0.278 e. The molecule has 150 valence electrons. The lowest BCUT2D eigenvalue weighted by molar-refractivity contribution is -0.118. The third-order valence-electron chi connectivity index (χ3n) is 4.92. The van der Waals surface area contributed by atoms with E-state index in [4.69, 9.17) is 11.6 Å². The van der Waals surface area contributed by atoms with E-state index >= 15 is 0 Å².